The molecule has 4 heterocycles. The van der Waals surface area contributed by atoms with Crippen molar-refractivity contribution >= 4 is 29.1 Å². The molecule has 3 amide bonds. The predicted molar refractivity (Wildman–Crippen MR) is 233 cm³/mol. The van der Waals surface area contributed by atoms with Crippen LogP contribution in [0.4, 0.5) is 18.4 Å². The highest BCUT2D eigenvalue weighted by Gasteiger charge is 2.53. The summed E-state index contributed by atoms with van der Waals surface area (Å²) in [7, 11) is 1.27. The maximum Gasteiger partial charge on any atom is 0.407 e. The van der Waals surface area contributed by atoms with Crippen LogP contribution in [0.15, 0.2) is 91.1 Å². The van der Waals surface area contributed by atoms with Crippen molar-refractivity contribution in [3.8, 4) is 33.5 Å². The Labute approximate surface area is 373 Å². The van der Waals surface area contributed by atoms with Gasteiger partial charge in [-0.25, -0.2) is 14.8 Å². The van der Waals surface area contributed by atoms with Crippen molar-refractivity contribution in [2.24, 2.45) is 11.8 Å². The summed E-state index contributed by atoms with van der Waals surface area (Å²) in [5.74, 6) is -2.38. The number of aromatic nitrogens is 4. The van der Waals surface area contributed by atoms with Gasteiger partial charge in [0.05, 0.1) is 42.6 Å². The molecule has 2 bridgehead atoms. The fraction of sp³-hybridized carbons (Fsp3) is 0.367. The second-order valence-electron chi connectivity index (χ2n) is 18.2. The van der Waals surface area contributed by atoms with Gasteiger partial charge in [0.1, 0.15) is 23.7 Å². The van der Waals surface area contributed by atoms with E-state index in [0.29, 0.717) is 63.5 Å². The van der Waals surface area contributed by atoms with Crippen LogP contribution >= 0.6 is 0 Å². The first-order valence-electron chi connectivity index (χ1n) is 22.2. The van der Waals surface area contributed by atoms with Gasteiger partial charge in [-0.3, -0.25) is 4.79 Å². The van der Waals surface area contributed by atoms with E-state index in [4.69, 9.17) is 9.72 Å². The predicted octanol–water partition coefficient (Wildman–Crippen LogP) is 8.54. The third-order valence-corrected chi connectivity index (χ3v) is 14.3. The first kappa shape index (κ1) is 42.5. The van der Waals surface area contributed by atoms with Gasteiger partial charge in [-0.05, 0) is 97.4 Å². The summed E-state index contributed by atoms with van der Waals surface area (Å²) in [5.41, 5.74) is 4.93. The summed E-state index contributed by atoms with van der Waals surface area (Å²) in [4.78, 5) is 57.0. The Balaban J connectivity index is 0.901. The zero-order valence-corrected chi connectivity index (χ0v) is 36.4. The molecule has 4 aromatic carbocycles. The number of carbonyl (C=O) groups excluding carboxylic acids is 3. The molecule has 4 N–H and O–H groups in total. The lowest BCUT2D eigenvalue weighted by molar-refractivity contribution is -1.16. The van der Waals surface area contributed by atoms with E-state index < -0.39 is 41.0 Å². The van der Waals surface area contributed by atoms with E-state index in [1.807, 2.05) is 49.1 Å². The first-order chi connectivity index (χ1) is 31.2. The van der Waals surface area contributed by atoms with Crippen LogP contribution < -0.4 is 10.4 Å². The van der Waals surface area contributed by atoms with Gasteiger partial charge in [-0.15, -0.1) is 5.01 Å². The SMILES string of the molecule is COC(=O)NC(C(=O)N1[C@@H]2CC[C@@H](C2)[C@H]1c1nc2ccc(-c3ccc4c(c3)C(F)(F)c3cc(-c5cnc(C6CCCN6[N+](O)(C(=O)[O-])C(C)c6ccccc6)[nH]5)ccc3-4)cc2[nH]1)C(C)C. The van der Waals surface area contributed by atoms with Gasteiger partial charge in [0.25, 0.3) is 5.92 Å². The van der Waals surface area contributed by atoms with Crippen molar-refractivity contribution in [2.45, 2.75) is 89.0 Å². The van der Waals surface area contributed by atoms with Crippen molar-refractivity contribution in [3.63, 3.8) is 0 Å². The minimum absolute atomic E-state index is 0.0372. The number of carboxylic acid groups (broad SMARTS) is 1. The van der Waals surface area contributed by atoms with E-state index in [2.05, 4.69) is 20.3 Å². The summed E-state index contributed by atoms with van der Waals surface area (Å²) in [6, 6.07) is 22.0. The molecular formula is C49H50F2N8O6. The number of rotatable bonds is 10. The standard InChI is InChI=1S/C49H50F2N8O6/c1-26(2)42(56-47(61)65-4)46(60)58-33-16-12-32(21-33)43(58)45-53-38-19-15-30(24-39(38)54-45)29-13-17-34-35-18-14-31(23-37(35)49(50,51)36(34)22-29)40-25-52-44(55-40)41-11-8-20-57(41)59(64,48(62)63)27(3)28-9-6-5-7-10-28/h5-7,9-10,13-15,17-19,22-27,32-33,41-43,64H,8,11-12,16,20-21H2,1-4H3,(H3-,52,53,54,55,56,61,62,63)/t27?,32-,33+,41?,42?,43-,59?/m0/s1. The zero-order valence-electron chi connectivity index (χ0n) is 36.4. The third kappa shape index (κ3) is 6.88. The number of alkyl halides is 2. The fourth-order valence-corrected chi connectivity index (χ4v) is 10.9. The molecule has 336 valence electrons. The average Bonchev–Trinajstić information content (AvgIpc) is 4.19. The molecule has 4 unspecified atom stereocenters. The minimum atomic E-state index is -3.32. The van der Waals surface area contributed by atoms with Crippen molar-refractivity contribution < 1.29 is 43.0 Å². The number of piperidine rings is 1. The number of hydrogen-bond donors (Lipinski definition) is 4. The molecule has 2 saturated heterocycles. The number of alkyl carbamates (subject to hydrolysis) is 1. The molecule has 2 aromatic heterocycles. The van der Waals surface area contributed by atoms with E-state index in [1.54, 1.807) is 61.7 Å². The quantitative estimate of drug-likeness (QED) is 0.0596. The fourth-order valence-electron chi connectivity index (χ4n) is 10.9. The highest BCUT2D eigenvalue weighted by molar-refractivity contribution is 5.88. The van der Waals surface area contributed by atoms with Gasteiger partial charge in [0.2, 0.25) is 5.91 Å². The molecule has 0 radical (unpaired) electrons. The largest absolute Gasteiger partial charge is 0.494 e. The Morgan fingerprint density at radius 1 is 0.908 bits per heavy atom. The second kappa shape index (κ2) is 15.9. The number of methoxy groups -OCH3 is 1. The second-order valence-corrected chi connectivity index (χ2v) is 18.2. The molecule has 0 spiro atoms. The lowest BCUT2D eigenvalue weighted by Gasteiger charge is -2.42. The smallest absolute Gasteiger partial charge is 0.407 e. The molecule has 4 aliphatic rings. The van der Waals surface area contributed by atoms with E-state index in [1.165, 1.54) is 18.2 Å². The molecule has 14 nitrogen and oxygen atoms in total. The summed E-state index contributed by atoms with van der Waals surface area (Å²) in [6.45, 7) is 5.67. The highest BCUT2D eigenvalue weighted by Crippen LogP contribution is 2.54. The number of halogens is 2. The Bertz CT molecular complexity index is 2850. The Morgan fingerprint density at radius 2 is 1.60 bits per heavy atom. The Kier molecular flexibility index (Phi) is 10.4. The maximum absolute atomic E-state index is 16.6. The monoisotopic (exact) mass is 884 g/mol. The van der Waals surface area contributed by atoms with Crippen molar-refractivity contribution in [3.05, 3.63) is 119 Å². The number of benzene rings is 4. The van der Waals surface area contributed by atoms with Crippen LogP contribution in [-0.2, 0) is 15.5 Å². The van der Waals surface area contributed by atoms with Crippen LogP contribution in [0.5, 0.6) is 0 Å². The van der Waals surface area contributed by atoms with Crippen molar-refractivity contribution in [1.29, 1.82) is 0 Å². The average molecular weight is 885 g/mol. The van der Waals surface area contributed by atoms with Crippen LogP contribution in [0, 0.1) is 11.8 Å². The zero-order chi connectivity index (χ0) is 45.5. The lowest BCUT2D eigenvalue weighted by Crippen LogP contribution is -2.66. The summed E-state index contributed by atoms with van der Waals surface area (Å²) in [5, 5.41) is 28.6. The third-order valence-electron chi connectivity index (χ3n) is 14.3. The van der Waals surface area contributed by atoms with Crippen LogP contribution in [0.1, 0.15) is 99.3 Å². The number of imidazole rings is 2. The number of carbonyl (C=O) groups is 3. The van der Waals surface area contributed by atoms with Crippen molar-refractivity contribution in [2.75, 3.05) is 13.7 Å². The Morgan fingerprint density at radius 3 is 2.31 bits per heavy atom. The Hall–Kier alpha value is -6.49. The molecule has 6 aromatic rings. The number of ether oxygens (including phenoxy) is 1. The molecule has 7 atom stereocenters. The molecule has 16 heteroatoms. The van der Waals surface area contributed by atoms with Gasteiger partial charge < -0.3 is 34.8 Å². The van der Waals surface area contributed by atoms with Crippen LogP contribution in [0.2, 0.25) is 0 Å². The number of fused-ring (bicyclic) bond motifs is 6. The van der Waals surface area contributed by atoms with Gasteiger partial charge >= 0.3 is 12.2 Å². The first-order valence-corrected chi connectivity index (χ1v) is 22.2. The highest BCUT2D eigenvalue weighted by atomic mass is 19.3. The minimum Gasteiger partial charge on any atom is -0.494 e. The normalized spacial score (nSPS) is 22.7. The van der Waals surface area contributed by atoms with E-state index >= 15 is 8.78 Å². The van der Waals surface area contributed by atoms with E-state index in [-0.39, 0.29) is 47.5 Å². The molecule has 3 fully saturated rings. The lowest BCUT2D eigenvalue weighted by atomic mass is 9.95. The number of hydrogen-bond acceptors (Lipinski definition) is 9. The summed E-state index contributed by atoms with van der Waals surface area (Å²) in [6.07, 6.45) is 3.01. The van der Waals surface area contributed by atoms with E-state index in [0.717, 1.165) is 30.3 Å². The number of quaternary nitrogens is 1. The molecule has 1 saturated carbocycles. The number of H-pyrrole nitrogens is 2. The maximum atomic E-state index is 16.6. The van der Waals surface area contributed by atoms with Crippen LogP contribution in [0.3, 0.4) is 0 Å². The molecule has 2 aliphatic carbocycles. The molecule has 65 heavy (non-hydrogen) atoms. The number of nitrogens with one attached hydrogen (secondary N) is 3. The number of nitrogens with zero attached hydrogens (tertiary/aromatic N) is 5. The molecule has 2 aliphatic heterocycles. The number of aromatic amines is 2. The number of amides is 3. The van der Waals surface area contributed by atoms with Crippen molar-refractivity contribution in [1.82, 2.24) is 35.2 Å². The van der Waals surface area contributed by atoms with E-state index in [9.17, 15) is 24.7 Å². The summed E-state index contributed by atoms with van der Waals surface area (Å²) >= 11 is 0. The van der Waals surface area contributed by atoms with Crippen LogP contribution in [0.25, 0.3) is 44.5 Å². The number of likely N-dealkylation sites (tertiary alicyclic amines) is 1. The topological polar surface area (TPSA) is 180 Å². The summed E-state index contributed by atoms with van der Waals surface area (Å²) < 4.78 is 36.6. The van der Waals surface area contributed by atoms with Gasteiger partial charge in [0, 0.05) is 28.3 Å². The molecular weight excluding hydrogens is 835 g/mol. The molecule has 10 rings (SSSR count). The van der Waals surface area contributed by atoms with Crippen LogP contribution in [-0.4, -0.2) is 83.6 Å². The van der Waals surface area contributed by atoms with Gasteiger partial charge in [-0.2, -0.15) is 14.0 Å². The van der Waals surface area contributed by atoms with Gasteiger partial charge in [0.15, 0.2) is 6.04 Å². The van der Waals surface area contributed by atoms with Gasteiger partial charge in [-0.1, -0.05) is 79.3 Å². The number of hydroxylamine groups is 2.